The maximum atomic E-state index is 14.3. The van der Waals surface area contributed by atoms with Crippen molar-refractivity contribution in [1.29, 1.82) is 0 Å². The molecule has 33 heavy (non-hydrogen) atoms. The number of nitrogens with one attached hydrogen (secondary N) is 1. The fraction of sp³-hybridized carbons (Fsp3) is 0.455. The Labute approximate surface area is 189 Å². The third-order valence-electron chi connectivity index (χ3n) is 5.62. The van der Waals surface area contributed by atoms with Gasteiger partial charge in [-0.15, -0.1) is 0 Å². The van der Waals surface area contributed by atoms with Gasteiger partial charge >= 0.3 is 6.11 Å². The highest BCUT2D eigenvalue weighted by Crippen LogP contribution is 2.41. The van der Waals surface area contributed by atoms with Gasteiger partial charge in [-0.3, -0.25) is 9.36 Å². The molecule has 3 aromatic rings. The van der Waals surface area contributed by atoms with E-state index in [0.29, 0.717) is 23.1 Å². The second-order valence-corrected chi connectivity index (χ2v) is 7.85. The lowest BCUT2D eigenvalue weighted by Crippen LogP contribution is -2.38. The predicted octanol–water partition coefficient (Wildman–Crippen LogP) is 3.65. The first kappa shape index (κ1) is 23.1. The molecule has 4 atom stereocenters. The van der Waals surface area contributed by atoms with E-state index in [9.17, 15) is 13.6 Å². The molecule has 9 nitrogen and oxygen atoms in total. The van der Waals surface area contributed by atoms with E-state index in [1.807, 2.05) is 13.0 Å². The zero-order chi connectivity index (χ0) is 23.6. The molecule has 2 aromatic heterocycles. The number of fused-ring (bicyclic) bond motifs is 1. The molecule has 0 spiro atoms. The number of methoxy groups -OCH3 is 1. The third kappa shape index (κ3) is 4.70. The molecule has 3 heterocycles. The summed E-state index contributed by atoms with van der Waals surface area (Å²) in [6, 6.07) is 8.66. The molecule has 1 aliphatic rings. The monoisotopic (exact) mass is 461 g/mol. The Balaban J connectivity index is 1.66. The lowest BCUT2D eigenvalue weighted by atomic mass is 9.98. The van der Waals surface area contributed by atoms with E-state index in [1.54, 1.807) is 31.2 Å². The molecular weight excluding hydrogens is 436 g/mol. The number of anilines is 1. The van der Waals surface area contributed by atoms with Crippen LogP contribution in [0.5, 0.6) is 0 Å². The van der Waals surface area contributed by atoms with E-state index >= 15 is 0 Å². The van der Waals surface area contributed by atoms with Gasteiger partial charge in [-0.1, -0.05) is 32.0 Å². The van der Waals surface area contributed by atoms with Crippen molar-refractivity contribution in [2.45, 2.75) is 44.8 Å². The Morgan fingerprint density at radius 2 is 2.00 bits per heavy atom. The minimum absolute atomic E-state index is 0.202. The first-order valence-corrected chi connectivity index (χ1v) is 10.6. The molecule has 0 aliphatic carbocycles. The minimum atomic E-state index is -3.49. The van der Waals surface area contributed by atoms with E-state index in [1.165, 1.54) is 24.3 Å². The van der Waals surface area contributed by atoms with Crippen LogP contribution >= 0.6 is 0 Å². The number of benzene rings is 1. The molecule has 0 saturated carbocycles. The predicted molar refractivity (Wildman–Crippen MR) is 115 cm³/mol. The minimum Gasteiger partial charge on any atom is -0.376 e. The zero-order valence-electron chi connectivity index (χ0n) is 18.4. The van der Waals surface area contributed by atoms with Crippen LogP contribution in [0.25, 0.3) is 11.2 Å². The van der Waals surface area contributed by atoms with Crippen LogP contribution in [0, 0.1) is 5.92 Å². The van der Waals surface area contributed by atoms with Gasteiger partial charge in [-0.2, -0.15) is 8.78 Å². The van der Waals surface area contributed by atoms with Crippen LogP contribution in [0.3, 0.4) is 0 Å². The smallest absolute Gasteiger partial charge is 0.376 e. The SMILES string of the molecule is CC[C@H]1O[C@@H](n2cnc3c(NC(=O)c4ccccc4)ncnc32)[C@H](OC(F)(F)COC)[C@@H]1C. The van der Waals surface area contributed by atoms with E-state index in [2.05, 4.69) is 25.0 Å². The standard InChI is InChI=1S/C22H25F2N5O4/c1-4-15-13(2)17(33-22(23,24)10-31-3)21(32-15)29-12-27-16-18(25-11-26-19(16)29)28-20(30)14-8-6-5-7-9-14/h5-9,11-13,15,17,21H,4,10H2,1-3H3,(H,25,26,28,30)/t13-,15-,17-,21-/m1/s1. The van der Waals surface area contributed by atoms with Crippen molar-refractivity contribution < 1.29 is 27.8 Å². The Morgan fingerprint density at radius 1 is 1.24 bits per heavy atom. The van der Waals surface area contributed by atoms with E-state index in [-0.39, 0.29) is 23.7 Å². The van der Waals surface area contributed by atoms with Crippen molar-refractivity contribution >= 4 is 22.9 Å². The number of rotatable bonds is 8. The van der Waals surface area contributed by atoms with Gasteiger partial charge in [0.15, 0.2) is 23.2 Å². The fourth-order valence-electron chi connectivity index (χ4n) is 4.01. The summed E-state index contributed by atoms with van der Waals surface area (Å²) in [5.41, 5.74) is 1.09. The number of alkyl halides is 2. The van der Waals surface area contributed by atoms with E-state index < -0.39 is 25.0 Å². The van der Waals surface area contributed by atoms with Gasteiger partial charge in [0.1, 0.15) is 19.0 Å². The number of imidazole rings is 1. The van der Waals surface area contributed by atoms with Gasteiger partial charge < -0.3 is 19.5 Å². The Hall–Kier alpha value is -3.02. The molecule has 4 rings (SSSR count). The van der Waals surface area contributed by atoms with Crippen LogP contribution in [0.2, 0.25) is 0 Å². The molecule has 11 heteroatoms. The lowest BCUT2D eigenvalue weighted by Gasteiger charge is -2.27. The molecule has 1 saturated heterocycles. The van der Waals surface area contributed by atoms with Crippen LogP contribution in [-0.2, 0) is 14.2 Å². The second-order valence-electron chi connectivity index (χ2n) is 7.85. The number of ether oxygens (including phenoxy) is 3. The van der Waals surface area contributed by atoms with Crippen LogP contribution in [0.1, 0.15) is 36.9 Å². The number of nitrogens with zero attached hydrogens (tertiary/aromatic N) is 4. The molecule has 176 valence electrons. The van der Waals surface area contributed by atoms with Crippen LogP contribution < -0.4 is 5.32 Å². The van der Waals surface area contributed by atoms with Crippen molar-refractivity contribution in [3.05, 3.63) is 48.5 Å². The molecule has 0 radical (unpaired) electrons. The second kappa shape index (κ2) is 9.46. The van der Waals surface area contributed by atoms with Crippen molar-refractivity contribution in [2.75, 3.05) is 19.0 Å². The van der Waals surface area contributed by atoms with Gasteiger partial charge in [0, 0.05) is 18.6 Å². The van der Waals surface area contributed by atoms with E-state index in [4.69, 9.17) is 9.47 Å². The first-order valence-electron chi connectivity index (χ1n) is 10.6. The van der Waals surface area contributed by atoms with Crippen LogP contribution in [0.4, 0.5) is 14.6 Å². The summed E-state index contributed by atoms with van der Waals surface area (Å²) in [5.74, 6) is -0.477. The number of carbonyl (C=O) groups excluding carboxylic acids is 1. The summed E-state index contributed by atoms with van der Waals surface area (Å²) in [5, 5.41) is 2.73. The molecule has 1 aromatic carbocycles. The molecule has 1 amide bonds. The summed E-state index contributed by atoms with van der Waals surface area (Å²) in [4.78, 5) is 25.3. The van der Waals surface area contributed by atoms with Gasteiger partial charge in [0.05, 0.1) is 12.4 Å². The van der Waals surface area contributed by atoms with Gasteiger partial charge in [0.2, 0.25) is 0 Å². The molecule has 1 fully saturated rings. The normalized spacial score (nSPS) is 23.2. The number of amides is 1. The lowest BCUT2D eigenvalue weighted by molar-refractivity contribution is -0.296. The van der Waals surface area contributed by atoms with Gasteiger partial charge in [-0.05, 0) is 18.6 Å². The van der Waals surface area contributed by atoms with Gasteiger partial charge in [0.25, 0.3) is 5.91 Å². The summed E-state index contributed by atoms with van der Waals surface area (Å²) in [6.07, 6.45) is -2.34. The molecule has 0 unspecified atom stereocenters. The molecular formula is C22H25F2N5O4. The molecule has 1 aliphatic heterocycles. The summed E-state index contributed by atoms with van der Waals surface area (Å²) in [6.45, 7) is 2.85. The largest absolute Gasteiger partial charge is 0.379 e. The van der Waals surface area contributed by atoms with E-state index in [0.717, 1.165) is 0 Å². The number of hydrogen-bond acceptors (Lipinski definition) is 7. The van der Waals surface area contributed by atoms with Crippen molar-refractivity contribution in [3.63, 3.8) is 0 Å². The van der Waals surface area contributed by atoms with Gasteiger partial charge in [-0.25, -0.2) is 15.0 Å². The average molecular weight is 461 g/mol. The van der Waals surface area contributed by atoms with Crippen molar-refractivity contribution in [1.82, 2.24) is 19.5 Å². The van der Waals surface area contributed by atoms with Crippen molar-refractivity contribution in [3.8, 4) is 0 Å². The maximum Gasteiger partial charge on any atom is 0.379 e. The Bertz CT molecular complexity index is 1110. The van der Waals surface area contributed by atoms with Crippen molar-refractivity contribution in [2.24, 2.45) is 5.92 Å². The zero-order valence-corrected chi connectivity index (χ0v) is 18.4. The number of hydrogen-bond donors (Lipinski definition) is 1. The first-order chi connectivity index (χ1) is 15.8. The third-order valence-corrected chi connectivity index (χ3v) is 5.62. The van der Waals surface area contributed by atoms with Crippen LogP contribution in [0.15, 0.2) is 43.0 Å². The summed E-state index contributed by atoms with van der Waals surface area (Å²) < 4.78 is 45.9. The Kier molecular flexibility index (Phi) is 6.63. The molecule has 0 bridgehead atoms. The summed E-state index contributed by atoms with van der Waals surface area (Å²) in [7, 11) is 1.18. The van der Waals surface area contributed by atoms with Crippen LogP contribution in [-0.4, -0.2) is 57.5 Å². The number of aromatic nitrogens is 4. The highest BCUT2D eigenvalue weighted by molar-refractivity contribution is 6.06. The highest BCUT2D eigenvalue weighted by Gasteiger charge is 2.48. The molecule has 1 N–H and O–H groups in total. The summed E-state index contributed by atoms with van der Waals surface area (Å²) >= 11 is 0. The topological polar surface area (TPSA) is 100 Å². The fourth-order valence-corrected chi connectivity index (χ4v) is 4.01. The maximum absolute atomic E-state index is 14.3. The number of carbonyl (C=O) groups is 1. The average Bonchev–Trinajstić information content (AvgIpc) is 3.36. The quantitative estimate of drug-likeness (QED) is 0.547. The number of halogens is 2. The highest BCUT2D eigenvalue weighted by atomic mass is 19.3. The Morgan fingerprint density at radius 3 is 2.70 bits per heavy atom.